The van der Waals surface area contributed by atoms with Crippen LogP contribution in [0.2, 0.25) is 0 Å². The first kappa shape index (κ1) is 16.8. The smallest absolute Gasteiger partial charge is 0.423 e. The molecule has 3 aromatic rings. The average molecular weight is 354 g/mol. The lowest BCUT2D eigenvalue weighted by molar-refractivity contribution is 0.353. The third-order valence-corrected chi connectivity index (χ3v) is 6.52. The molecule has 3 aromatic carbocycles. The molecular weight excluding hydrogens is 331 g/mol. The van der Waals surface area contributed by atoms with E-state index in [2.05, 4.69) is 42.5 Å². The summed E-state index contributed by atoms with van der Waals surface area (Å²) in [6, 6.07) is 23.2. The van der Waals surface area contributed by atoms with Gasteiger partial charge in [-0.15, -0.1) is 0 Å². The van der Waals surface area contributed by atoms with Crippen molar-refractivity contribution < 1.29 is 10.0 Å². The molecule has 1 fully saturated rings. The van der Waals surface area contributed by atoms with Gasteiger partial charge in [0, 0.05) is 5.41 Å². The maximum Gasteiger partial charge on any atom is 0.488 e. The summed E-state index contributed by atoms with van der Waals surface area (Å²) in [5.74, 6) is 0. The minimum absolute atomic E-state index is 0.168. The molecule has 2 nitrogen and oxygen atoms in total. The van der Waals surface area contributed by atoms with Gasteiger partial charge in [0.1, 0.15) is 0 Å². The molecule has 1 spiro atoms. The number of hydrogen-bond donors (Lipinski definition) is 2. The number of hydrogen-bond acceptors (Lipinski definition) is 2. The summed E-state index contributed by atoms with van der Waals surface area (Å²) in [7, 11) is -1.42. The average Bonchev–Trinajstić information content (AvgIpc) is 2.99. The third-order valence-electron chi connectivity index (χ3n) is 6.52. The van der Waals surface area contributed by atoms with Crippen molar-refractivity contribution in [1.82, 2.24) is 0 Å². The zero-order valence-corrected chi connectivity index (χ0v) is 15.4. The van der Waals surface area contributed by atoms with Gasteiger partial charge in [0.15, 0.2) is 0 Å². The van der Waals surface area contributed by atoms with Crippen LogP contribution >= 0.6 is 0 Å². The molecular formula is C24H23BO2. The Kier molecular flexibility index (Phi) is 3.96. The normalized spacial score (nSPS) is 16.8. The lowest BCUT2D eigenvalue weighted by atomic mass is 9.68. The summed E-state index contributed by atoms with van der Waals surface area (Å²) in [5, 5.41) is 18.8. The zero-order valence-electron chi connectivity index (χ0n) is 15.4. The first-order chi connectivity index (χ1) is 13.2. The highest BCUT2D eigenvalue weighted by Gasteiger charge is 2.44. The molecule has 0 aromatic heterocycles. The minimum atomic E-state index is -1.42. The fourth-order valence-electron chi connectivity index (χ4n) is 5.27. The van der Waals surface area contributed by atoms with E-state index in [1.54, 1.807) is 12.1 Å². The van der Waals surface area contributed by atoms with Gasteiger partial charge in [-0.3, -0.25) is 0 Å². The molecule has 134 valence electrons. The molecule has 5 rings (SSSR count). The van der Waals surface area contributed by atoms with Crippen molar-refractivity contribution in [2.45, 2.75) is 37.5 Å². The van der Waals surface area contributed by atoms with Gasteiger partial charge in [-0.25, -0.2) is 0 Å². The van der Waals surface area contributed by atoms with Crippen molar-refractivity contribution in [2.75, 3.05) is 0 Å². The van der Waals surface area contributed by atoms with Gasteiger partial charge in [-0.05, 0) is 51.7 Å². The molecule has 0 bridgehead atoms. The first-order valence-corrected chi connectivity index (χ1v) is 9.90. The van der Waals surface area contributed by atoms with E-state index in [9.17, 15) is 10.0 Å². The predicted octanol–water partition coefficient (Wildman–Crippen LogP) is 4.26. The number of benzene rings is 3. The van der Waals surface area contributed by atoms with E-state index in [0.29, 0.717) is 5.46 Å². The Morgan fingerprint density at radius 3 is 2.07 bits per heavy atom. The fraction of sp³-hybridized carbons (Fsp3) is 0.250. The van der Waals surface area contributed by atoms with Crippen LogP contribution in [0.15, 0.2) is 66.7 Å². The van der Waals surface area contributed by atoms with Crippen molar-refractivity contribution in [1.29, 1.82) is 0 Å². The van der Waals surface area contributed by atoms with Crippen molar-refractivity contribution in [3.8, 4) is 22.3 Å². The molecule has 0 radical (unpaired) electrons. The summed E-state index contributed by atoms with van der Waals surface area (Å²) in [6.07, 6.45) is 6.39. The predicted molar refractivity (Wildman–Crippen MR) is 111 cm³/mol. The summed E-state index contributed by atoms with van der Waals surface area (Å²) in [6.45, 7) is 0. The summed E-state index contributed by atoms with van der Waals surface area (Å²) in [4.78, 5) is 0. The van der Waals surface area contributed by atoms with Crippen molar-refractivity contribution >= 4 is 12.6 Å². The molecule has 0 heterocycles. The molecule has 0 saturated heterocycles. The van der Waals surface area contributed by atoms with Crippen LogP contribution in [-0.2, 0) is 5.41 Å². The topological polar surface area (TPSA) is 40.5 Å². The van der Waals surface area contributed by atoms with Crippen LogP contribution in [0.1, 0.15) is 43.2 Å². The largest absolute Gasteiger partial charge is 0.488 e. The summed E-state index contributed by atoms with van der Waals surface area (Å²) >= 11 is 0. The second-order valence-electron chi connectivity index (χ2n) is 7.91. The van der Waals surface area contributed by atoms with Gasteiger partial charge in [-0.1, -0.05) is 86.0 Å². The van der Waals surface area contributed by atoms with Crippen LogP contribution in [-0.4, -0.2) is 17.2 Å². The van der Waals surface area contributed by atoms with E-state index < -0.39 is 7.12 Å². The maximum atomic E-state index is 9.39. The van der Waals surface area contributed by atoms with Crippen LogP contribution in [0.25, 0.3) is 22.3 Å². The van der Waals surface area contributed by atoms with Gasteiger partial charge < -0.3 is 10.0 Å². The van der Waals surface area contributed by atoms with E-state index in [1.165, 1.54) is 59.9 Å². The molecule has 27 heavy (non-hydrogen) atoms. The fourth-order valence-corrected chi connectivity index (χ4v) is 5.27. The molecule has 2 N–H and O–H groups in total. The lowest BCUT2D eigenvalue weighted by Gasteiger charge is -2.36. The van der Waals surface area contributed by atoms with Gasteiger partial charge in [0.05, 0.1) is 0 Å². The van der Waals surface area contributed by atoms with Gasteiger partial charge in [0.2, 0.25) is 0 Å². The Bertz CT molecular complexity index is 986. The number of fused-ring (bicyclic) bond motifs is 5. The quantitative estimate of drug-likeness (QED) is 0.675. The van der Waals surface area contributed by atoms with Crippen LogP contribution in [0.4, 0.5) is 0 Å². The van der Waals surface area contributed by atoms with Crippen molar-refractivity contribution in [2.24, 2.45) is 0 Å². The van der Waals surface area contributed by atoms with Gasteiger partial charge in [-0.2, -0.15) is 0 Å². The van der Waals surface area contributed by atoms with Crippen LogP contribution in [0.3, 0.4) is 0 Å². The first-order valence-electron chi connectivity index (χ1n) is 9.90. The molecule has 3 heteroatoms. The van der Waals surface area contributed by atoms with Crippen LogP contribution < -0.4 is 5.46 Å². The second kappa shape index (κ2) is 6.37. The lowest BCUT2D eigenvalue weighted by Crippen LogP contribution is -2.29. The monoisotopic (exact) mass is 354 g/mol. The third kappa shape index (κ3) is 2.49. The van der Waals surface area contributed by atoms with Gasteiger partial charge >= 0.3 is 7.12 Å². The van der Waals surface area contributed by atoms with Crippen molar-refractivity contribution in [3.63, 3.8) is 0 Å². The Hall–Kier alpha value is -2.36. The maximum absolute atomic E-state index is 9.39. The van der Waals surface area contributed by atoms with Crippen molar-refractivity contribution in [3.05, 3.63) is 77.9 Å². The van der Waals surface area contributed by atoms with Crippen LogP contribution in [0, 0.1) is 0 Å². The molecule has 0 atom stereocenters. The Morgan fingerprint density at radius 2 is 1.33 bits per heavy atom. The highest BCUT2D eigenvalue weighted by Crippen LogP contribution is 2.57. The van der Waals surface area contributed by atoms with Gasteiger partial charge in [0.25, 0.3) is 0 Å². The second-order valence-corrected chi connectivity index (χ2v) is 7.91. The number of rotatable bonds is 2. The van der Waals surface area contributed by atoms with E-state index in [4.69, 9.17) is 0 Å². The Balaban J connectivity index is 1.73. The van der Waals surface area contributed by atoms with E-state index in [-0.39, 0.29) is 5.41 Å². The molecule has 0 unspecified atom stereocenters. The molecule has 0 amide bonds. The Labute approximate surface area is 160 Å². The standard InChI is InChI=1S/C24H23BO2/c26-25(27)18-13-11-17(12-14-18)19-8-6-10-22-23(19)20-7-2-3-9-21(20)24(22)15-4-1-5-16-24/h2-3,6-14,26-27H,1,4-5,15-16H2. The molecule has 2 aliphatic carbocycles. The SMILES string of the molecule is OB(O)c1ccc(-c2cccc3c2-c2ccccc2C32CCCCC2)cc1. The molecule has 0 aliphatic heterocycles. The Morgan fingerprint density at radius 1 is 0.667 bits per heavy atom. The van der Waals surface area contributed by atoms with E-state index >= 15 is 0 Å². The summed E-state index contributed by atoms with van der Waals surface area (Å²) in [5.41, 5.74) is 8.77. The molecule has 1 saturated carbocycles. The van der Waals surface area contributed by atoms with E-state index in [0.717, 1.165) is 5.56 Å². The van der Waals surface area contributed by atoms with Crippen LogP contribution in [0.5, 0.6) is 0 Å². The summed E-state index contributed by atoms with van der Waals surface area (Å²) < 4.78 is 0. The van der Waals surface area contributed by atoms with E-state index in [1.807, 2.05) is 12.1 Å². The highest BCUT2D eigenvalue weighted by molar-refractivity contribution is 6.58. The minimum Gasteiger partial charge on any atom is -0.423 e. The molecule has 2 aliphatic rings. The zero-order chi connectivity index (χ0) is 18.4. The highest BCUT2D eigenvalue weighted by atomic mass is 16.4.